The Morgan fingerprint density at radius 2 is 1.75 bits per heavy atom. The van der Waals surface area contributed by atoms with E-state index < -0.39 is 5.97 Å². The van der Waals surface area contributed by atoms with Crippen molar-refractivity contribution in [1.29, 1.82) is 0 Å². The van der Waals surface area contributed by atoms with Gasteiger partial charge in [0.25, 0.3) is 5.91 Å². The van der Waals surface area contributed by atoms with E-state index in [4.69, 9.17) is 0 Å². The molecule has 4 aromatic rings. The van der Waals surface area contributed by atoms with Gasteiger partial charge in [-0.15, -0.1) is 0 Å². The Morgan fingerprint density at radius 1 is 0.925 bits per heavy atom. The number of aromatic carboxylic acids is 1. The summed E-state index contributed by atoms with van der Waals surface area (Å²) in [6, 6.07) is 24.5. The molecule has 40 heavy (non-hydrogen) atoms. The van der Waals surface area contributed by atoms with Crippen LogP contribution in [0, 0.1) is 5.92 Å². The molecule has 0 bridgehead atoms. The van der Waals surface area contributed by atoms with Crippen molar-refractivity contribution in [3.05, 3.63) is 125 Å². The van der Waals surface area contributed by atoms with Gasteiger partial charge < -0.3 is 15.3 Å². The molecule has 0 radical (unpaired) electrons. The maximum Gasteiger partial charge on any atom is 0.335 e. The molecule has 6 rings (SSSR count). The number of nitrogens with one attached hydrogen (secondary N) is 1. The smallest absolute Gasteiger partial charge is 0.335 e. The minimum atomic E-state index is -0.975. The Morgan fingerprint density at radius 3 is 2.52 bits per heavy atom. The van der Waals surface area contributed by atoms with Crippen molar-refractivity contribution in [3.63, 3.8) is 0 Å². The van der Waals surface area contributed by atoms with E-state index in [1.54, 1.807) is 42.7 Å². The topological polar surface area (TPSA) is 99.6 Å². The second kappa shape index (κ2) is 10.8. The summed E-state index contributed by atoms with van der Waals surface area (Å²) in [6.07, 6.45) is 4.68. The van der Waals surface area contributed by atoms with Crippen LogP contribution >= 0.6 is 0 Å². The molecular formula is C33H29N3O4. The quantitative estimate of drug-likeness (QED) is 0.347. The van der Waals surface area contributed by atoms with E-state index in [0.29, 0.717) is 31.6 Å². The third-order valence-electron chi connectivity index (χ3n) is 7.93. The highest BCUT2D eigenvalue weighted by Crippen LogP contribution is 2.47. The zero-order valence-electron chi connectivity index (χ0n) is 21.9. The lowest BCUT2D eigenvalue weighted by Gasteiger charge is -2.32. The lowest BCUT2D eigenvalue weighted by molar-refractivity contribution is -0.122. The zero-order chi connectivity index (χ0) is 27.6. The molecule has 2 amide bonds. The zero-order valence-corrected chi connectivity index (χ0v) is 21.9. The number of amides is 2. The van der Waals surface area contributed by atoms with Crippen molar-refractivity contribution in [2.45, 2.75) is 31.8 Å². The number of carbonyl (C=O) groups excluding carboxylic acids is 2. The molecule has 2 aliphatic rings. The summed E-state index contributed by atoms with van der Waals surface area (Å²) < 4.78 is 0. The average Bonchev–Trinajstić information content (AvgIpc) is 3.81. The number of carboxylic acid groups (broad SMARTS) is 1. The van der Waals surface area contributed by atoms with Gasteiger partial charge in [-0.2, -0.15) is 0 Å². The van der Waals surface area contributed by atoms with Crippen LogP contribution < -0.4 is 5.32 Å². The molecular weight excluding hydrogens is 502 g/mol. The van der Waals surface area contributed by atoms with Gasteiger partial charge in [0.2, 0.25) is 5.91 Å². The van der Waals surface area contributed by atoms with Crippen molar-refractivity contribution in [2.24, 2.45) is 5.92 Å². The highest BCUT2D eigenvalue weighted by Gasteiger charge is 2.43. The fraction of sp³-hybridized carbons (Fsp3) is 0.212. The van der Waals surface area contributed by atoms with Gasteiger partial charge >= 0.3 is 5.97 Å². The fourth-order valence-corrected chi connectivity index (χ4v) is 5.71. The maximum atomic E-state index is 13.3. The fourth-order valence-electron chi connectivity index (χ4n) is 5.71. The summed E-state index contributed by atoms with van der Waals surface area (Å²) in [4.78, 5) is 43.8. The van der Waals surface area contributed by atoms with Crippen LogP contribution in [0.15, 0.2) is 91.3 Å². The number of carbonyl (C=O) groups is 3. The molecule has 2 atom stereocenters. The molecule has 0 saturated heterocycles. The van der Waals surface area contributed by atoms with Crippen molar-refractivity contribution >= 4 is 17.8 Å². The summed E-state index contributed by atoms with van der Waals surface area (Å²) in [5.41, 5.74) is 6.77. The van der Waals surface area contributed by atoms with E-state index in [2.05, 4.69) is 22.4 Å². The van der Waals surface area contributed by atoms with Crippen LogP contribution in [0.5, 0.6) is 0 Å². The van der Waals surface area contributed by atoms with Crippen LogP contribution in [0.3, 0.4) is 0 Å². The Bertz CT molecular complexity index is 1590. The van der Waals surface area contributed by atoms with Gasteiger partial charge in [0.15, 0.2) is 0 Å². The maximum absolute atomic E-state index is 13.3. The Hall–Kier alpha value is -4.78. The van der Waals surface area contributed by atoms with Crippen LogP contribution in [-0.4, -0.2) is 39.3 Å². The summed E-state index contributed by atoms with van der Waals surface area (Å²) in [5.74, 6) is -0.792. The third kappa shape index (κ3) is 5.10. The van der Waals surface area contributed by atoms with Crippen LogP contribution in [0.4, 0.5) is 0 Å². The number of nitrogens with zero attached hydrogens (tertiary/aromatic N) is 2. The highest BCUT2D eigenvalue weighted by atomic mass is 16.4. The minimum Gasteiger partial charge on any atom is -0.478 e. The molecule has 0 spiro atoms. The number of carboxylic acids is 1. The molecule has 1 saturated carbocycles. The summed E-state index contributed by atoms with van der Waals surface area (Å²) in [5, 5.41) is 12.7. The first kappa shape index (κ1) is 25.5. The van der Waals surface area contributed by atoms with Crippen molar-refractivity contribution in [2.75, 3.05) is 6.54 Å². The molecule has 7 heteroatoms. The summed E-state index contributed by atoms with van der Waals surface area (Å²) >= 11 is 0. The molecule has 7 nitrogen and oxygen atoms in total. The largest absolute Gasteiger partial charge is 0.478 e. The normalized spacial score (nSPS) is 17.6. The number of aromatic nitrogens is 1. The van der Waals surface area contributed by atoms with Gasteiger partial charge in [-0.25, -0.2) is 4.79 Å². The average molecular weight is 532 g/mol. The van der Waals surface area contributed by atoms with E-state index in [9.17, 15) is 19.5 Å². The summed E-state index contributed by atoms with van der Waals surface area (Å²) in [7, 11) is 0. The van der Waals surface area contributed by atoms with Gasteiger partial charge in [0.05, 0.1) is 11.1 Å². The number of hydrogen-bond acceptors (Lipinski definition) is 4. The predicted molar refractivity (Wildman–Crippen MR) is 151 cm³/mol. The molecule has 1 aromatic heterocycles. The summed E-state index contributed by atoms with van der Waals surface area (Å²) in [6.45, 7) is 1.29. The van der Waals surface area contributed by atoms with E-state index in [1.807, 2.05) is 41.3 Å². The van der Waals surface area contributed by atoms with Crippen LogP contribution in [-0.2, 0) is 24.3 Å². The molecule has 200 valence electrons. The van der Waals surface area contributed by atoms with Crippen LogP contribution in [0.2, 0.25) is 0 Å². The van der Waals surface area contributed by atoms with Gasteiger partial charge in [-0.3, -0.25) is 14.6 Å². The molecule has 2 unspecified atom stereocenters. The van der Waals surface area contributed by atoms with E-state index >= 15 is 0 Å². The molecule has 1 aliphatic heterocycles. The number of fused-ring (bicyclic) bond motifs is 1. The highest BCUT2D eigenvalue weighted by molar-refractivity contribution is 5.94. The number of hydrogen-bond donors (Lipinski definition) is 2. The molecule has 3 aromatic carbocycles. The number of pyridine rings is 1. The molecule has 1 aliphatic carbocycles. The first-order valence-electron chi connectivity index (χ1n) is 13.5. The van der Waals surface area contributed by atoms with Gasteiger partial charge in [0, 0.05) is 37.9 Å². The lowest BCUT2D eigenvalue weighted by Crippen LogP contribution is -2.37. The molecule has 2 heterocycles. The second-order valence-electron chi connectivity index (χ2n) is 10.4. The molecule has 2 N–H and O–H groups in total. The second-order valence-corrected chi connectivity index (χ2v) is 10.4. The van der Waals surface area contributed by atoms with Crippen molar-refractivity contribution in [1.82, 2.24) is 15.2 Å². The Labute approximate surface area is 232 Å². The third-order valence-corrected chi connectivity index (χ3v) is 7.93. The molecule has 1 fully saturated rings. The van der Waals surface area contributed by atoms with Crippen LogP contribution in [0.25, 0.3) is 11.1 Å². The number of rotatable bonds is 7. The monoisotopic (exact) mass is 531 g/mol. The number of benzene rings is 3. The van der Waals surface area contributed by atoms with E-state index in [-0.39, 0.29) is 29.2 Å². The minimum absolute atomic E-state index is 0.0279. The first-order chi connectivity index (χ1) is 19.5. The van der Waals surface area contributed by atoms with E-state index in [0.717, 1.165) is 34.2 Å². The Balaban J connectivity index is 1.28. The first-order valence-corrected chi connectivity index (χ1v) is 13.5. The predicted octanol–water partition coefficient (Wildman–Crippen LogP) is 5.07. The van der Waals surface area contributed by atoms with Gasteiger partial charge in [-0.1, -0.05) is 54.6 Å². The van der Waals surface area contributed by atoms with Crippen molar-refractivity contribution < 1.29 is 19.5 Å². The van der Waals surface area contributed by atoms with Gasteiger partial charge in [-0.05, 0) is 76.4 Å². The van der Waals surface area contributed by atoms with Crippen molar-refractivity contribution in [3.8, 4) is 11.1 Å². The SMILES string of the molecule is O=C(O)c1cccc(-c2ccc(CNC(=O)C3CC3c3ccccc3)c3c2CCN(C(=O)c2cccnc2)C3)c1. The van der Waals surface area contributed by atoms with Gasteiger partial charge in [0.1, 0.15) is 0 Å². The van der Waals surface area contributed by atoms with Crippen LogP contribution in [0.1, 0.15) is 55.3 Å². The van der Waals surface area contributed by atoms with E-state index in [1.165, 1.54) is 5.56 Å². The lowest BCUT2D eigenvalue weighted by atomic mass is 9.87. The Kier molecular flexibility index (Phi) is 6.86. The standard InChI is InChI=1S/C33H29N3O4/c37-31(29-17-28(29)21-6-2-1-3-7-21)35-19-24-11-12-26(22-8-4-9-23(16-22)33(39)40)27-13-15-36(20-30(24)27)32(38)25-10-5-14-34-18-25/h1-12,14,16,18,28-29H,13,15,17,19-20H2,(H,35,37)(H,39,40).